The van der Waals surface area contributed by atoms with Crippen molar-refractivity contribution < 1.29 is 95.0 Å². The van der Waals surface area contributed by atoms with Crippen LogP contribution in [0.1, 0.15) is 15.9 Å². The summed E-state index contributed by atoms with van der Waals surface area (Å²) in [5, 5.41) is 12.2. The van der Waals surface area contributed by atoms with Crippen LogP contribution in [0.15, 0.2) is 52.3 Å². The number of anilines is 2. The Hall–Kier alpha value is -1.19. The number of benzene rings is 3. The molecule has 0 spiro atoms. The van der Waals surface area contributed by atoms with Crippen LogP contribution in [0.25, 0.3) is 10.8 Å². The standard InChI is InChI=1S/C18H16N2O8S2.2Na/c1-9-2-3-14(19)13(4-9)18(22)20-15-7-11(29(23,24)25)5-10-6-12(30(26,27)28)8-16(21)17(10)15;;/h2-8,21H,19H2,1H3,(H,20,22)(H,23,24,25)(H,26,27,28);;/q;2*+1/p-2. The summed E-state index contributed by atoms with van der Waals surface area (Å²) in [5.41, 5.74) is 6.39. The molecule has 0 saturated heterocycles. The number of phenols is 1. The fourth-order valence-corrected chi connectivity index (χ4v) is 3.94. The van der Waals surface area contributed by atoms with Crippen molar-refractivity contribution in [3.8, 4) is 5.75 Å². The molecule has 0 saturated carbocycles. The Kier molecular flexibility index (Phi) is 9.36. The first-order valence-electron chi connectivity index (χ1n) is 8.17. The number of nitrogens with one attached hydrogen (secondary N) is 1. The largest absolute Gasteiger partial charge is 1.00 e. The van der Waals surface area contributed by atoms with Crippen LogP contribution < -0.4 is 70.2 Å². The van der Waals surface area contributed by atoms with Gasteiger partial charge in [0, 0.05) is 11.1 Å². The van der Waals surface area contributed by atoms with Gasteiger partial charge in [0.15, 0.2) is 0 Å². The first kappa shape index (κ1) is 28.8. The third-order valence-electron chi connectivity index (χ3n) is 4.25. The van der Waals surface area contributed by atoms with Gasteiger partial charge in [-0.05, 0) is 48.7 Å². The molecule has 0 fully saturated rings. The summed E-state index contributed by atoms with van der Waals surface area (Å²) in [4.78, 5) is 11.0. The summed E-state index contributed by atoms with van der Waals surface area (Å²) >= 11 is 0. The Balaban J connectivity index is 0.00000256. The number of amides is 1. The topological polar surface area (TPSA) is 190 Å². The summed E-state index contributed by atoms with van der Waals surface area (Å²) in [6.07, 6.45) is 0. The van der Waals surface area contributed by atoms with Crippen molar-refractivity contribution in [3.05, 3.63) is 53.6 Å². The number of carbonyl (C=O) groups is 1. The summed E-state index contributed by atoms with van der Waals surface area (Å²) in [6, 6.07) is 7.70. The second-order valence-electron chi connectivity index (χ2n) is 6.46. The maximum absolute atomic E-state index is 12.7. The van der Waals surface area contributed by atoms with Gasteiger partial charge in [-0.1, -0.05) is 11.6 Å². The molecule has 0 bridgehead atoms. The minimum atomic E-state index is -5.03. The van der Waals surface area contributed by atoms with Crippen LogP contribution in [-0.2, 0) is 20.2 Å². The van der Waals surface area contributed by atoms with Gasteiger partial charge in [0.1, 0.15) is 26.0 Å². The predicted molar refractivity (Wildman–Crippen MR) is 105 cm³/mol. The van der Waals surface area contributed by atoms with Gasteiger partial charge in [-0.3, -0.25) is 4.79 Å². The van der Waals surface area contributed by atoms with Crippen molar-refractivity contribution in [3.63, 3.8) is 0 Å². The van der Waals surface area contributed by atoms with Crippen LogP contribution in [0.3, 0.4) is 0 Å². The molecule has 0 atom stereocenters. The maximum Gasteiger partial charge on any atom is 1.00 e. The van der Waals surface area contributed by atoms with Gasteiger partial charge >= 0.3 is 59.1 Å². The van der Waals surface area contributed by atoms with E-state index in [0.29, 0.717) is 11.6 Å². The Bertz CT molecular complexity index is 1420. The molecule has 14 heteroatoms. The van der Waals surface area contributed by atoms with E-state index in [4.69, 9.17) is 5.73 Å². The first-order valence-corrected chi connectivity index (χ1v) is 11.0. The molecule has 0 unspecified atom stereocenters. The van der Waals surface area contributed by atoms with E-state index in [2.05, 4.69) is 5.32 Å². The smallest absolute Gasteiger partial charge is 0.744 e. The first-order chi connectivity index (χ1) is 13.8. The Morgan fingerprint density at radius 3 is 2.00 bits per heavy atom. The molecule has 0 radical (unpaired) electrons. The molecule has 3 aromatic rings. The summed E-state index contributed by atoms with van der Waals surface area (Å²) < 4.78 is 68.5. The van der Waals surface area contributed by atoms with Crippen molar-refractivity contribution in [1.29, 1.82) is 0 Å². The van der Waals surface area contributed by atoms with E-state index < -0.39 is 41.7 Å². The number of hydrogen-bond acceptors (Lipinski definition) is 9. The van der Waals surface area contributed by atoms with Crippen molar-refractivity contribution >= 4 is 48.3 Å². The third kappa shape index (κ3) is 6.23. The number of rotatable bonds is 4. The van der Waals surface area contributed by atoms with Crippen molar-refractivity contribution in [2.24, 2.45) is 0 Å². The molecular weight excluding hydrogens is 482 g/mol. The van der Waals surface area contributed by atoms with Gasteiger partial charge in [0.05, 0.1) is 21.0 Å². The van der Waals surface area contributed by atoms with E-state index in [1.54, 1.807) is 13.0 Å². The van der Waals surface area contributed by atoms with Gasteiger partial charge in [-0.2, -0.15) is 0 Å². The van der Waals surface area contributed by atoms with E-state index in [-0.39, 0.29) is 86.8 Å². The van der Waals surface area contributed by atoms with E-state index >= 15 is 0 Å². The molecule has 3 aromatic carbocycles. The Morgan fingerprint density at radius 2 is 1.47 bits per heavy atom. The van der Waals surface area contributed by atoms with Crippen molar-refractivity contribution in [2.45, 2.75) is 16.7 Å². The average Bonchev–Trinajstić information content (AvgIpc) is 2.61. The number of carbonyl (C=O) groups excluding carboxylic acids is 1. The molecule has 3 rings (SSSR count). The van der Waals surface area contributed by atoms with Crippen LogP contribution in [-0.4, -0.2) is 37.0 Å². The van der Waals surface area contributed by atoms with Gasteiger partial charge in [0.25, 0.3) is 5.91 Å². The molecule has 32 heavy (non-hydrogen) atoms. The average molecular weight is 496 g/mol. The number of fused-ring (bicyclic) bond motifs is 1. The molecule has 0 aliphatic carbocycles. The van der Waals surface area contributed by atoms with E-state index in [0.717, 1.165) is 18.2 Å². The van der Waals surface area contributed by atoms with Gasteiger partial charge in [-0.25, -0.2) is 16.8 Å². The SMILES string of the molecule is Cc1ccc(N)c(C(=O)Nc2cc(S(=O)(=O)[O-])cc3cc(S(=O)(=O)[O-])cc(O)c23)c1.[Na+].[Na+]. The molecule has 1 amide bonds. The van der Waals surface area contributed by atoms with Gasteiger partial charge < -0.3 is 25.3 Å². The number of aromatic hydroxyl groups is 1. The number of phenolic OH excluding ortho intramolecular Hbond substituents is 1. The second kappa shape index (κ2) is 10.4. The second-order valence-corrected chi connectivity index (χ2v) is 9.22. The van der Waals surface area contributed by atoms with E-state index in [1.165, 1.54) is 12.1 Å². The minimum absolute atomic E-state index is 0. The molecule has 0 aliphatic rings. The summed E-state index contributed by atoms with van der Waals surface area (Å²) in [6.45, 7) is 1.72. The zero-order valence-corrected chi connectivity index (χ0v) is 22.9. The monoisotopic (exact) mass is 496 g/mol. The van der Waals surface area contributed by atoms with Crippen LogP contribution in [0.5, 0.6) is 5.75 Å². The van der Waals surface area contributed by atoms with Gasteiger partial charge in [0.2, 0.25) is 0 Å². The summed E-state index contributed by atoms with van der Waals surface area (Å²) in [7, 11) is -10.0. The van der Waals surface area contributed by atoms with Crippen LogP contribution >= 0.6 is 0 Å². The number of aryl methyl sites for hydroxylation is 1. The van der Waals surface area contributed by atoms with E-state index in [9.17, 15) is 35.8 Å². The quantitative estimate of drug-likeness (QED) is 0.182. The zero-order chi connectivity index (χ0) is 22.4. The molecule has 0 aromatic heterocycles. The predicted octanol–water partition coefficient (Wildman–Crippen LogP) is -4.50. The van der Waals surface area contributed by atoms with E-state index in [1.807, 2.05) is 0 Å². The number of nitrogen functional groups attached to an aromatic ring is 1. The molecule has 0 aliphatic heterocycles. The van der Waals surface area contributed by atoms with Gasteiger partial charge in [-0.15, -0.1) is 0 Å². The van der Waals surface area contributed by atoms with Crippen molar-refractivity contribution in [1.82, 2.24) is 0 Å². The Morgan fingerprint density at radius 1 is 0.938 bits per heavy atom. The zero-order valence-electron chi connectivity index (χ0n) is 17.2. The number of hydrogen-bond donors (Lipinski definition) is 3. The molecule has 158 valence electrons. The third-order valence-corrected chi connectivity index (χ3v) is 5.88. The normalized spacial score (nSPS) is 11.3. The molecule has 10 nitrogen and oxygen atoms in total. The van der Waals surface area contributed by atoms with Crippen LogP contribution in [0.2, 0.25) is 0 Å². The fraction of sp³-hybridized carbons (Fsp3) is 0.0556. The molecule has 4 N–H and O–H groups in total. The minimum Gasteiger partial charge on any atom is -0.744 e. The van der Waals surface area contributed by atoms with Crippen LogP contribution in [0.4, 0.5) is 11.4 Å². The van der Waals surface area contributed by atoms with Crippen LogP contribution in [0, 0.1) is 6.92 Å². The molecule has 0 heterocycles. The maximum atomic E-state index is 12.7. The fourth-order valence-electron chi connectivity index (χ4n) is 2.88. The Labute approximate surface area is 228 Å². The molecular formula is C18H14N2Na2O8S2. The number of nitrogens with two attached hydrogens (primary N) is 1. The van der Waals surface area contributed by atoms with Crippen molar-refractivity contribution in [2.75, 3.05) is 11.1 Å². The summed E-state index contributed by atoms with van der Waals surface area (Å²) in [5.74, 6) is -1.48.